The summed E-state index contributed by atoms with van der Waals surface area (Å²) in [5.41, 5.74) is 0. The van der Waals surface area contributed by atoms with E-state index in [0.29, 0.717) is 5.76 Å². The Morgan fingerprint density at radius 2 is 2.58 bits per heavy atom. The minimum atomic E-state index is -0.871. The van der Waals surface area contributed by atoms with Gasteiger partial charge in [0.25, 0.3) is 0 Å². The lowest BCUT2D eigenvalue weighted by atomic mass is 10.3. The van der Waals surface area contributed by atoms with Gasteiger partial charge in [-0.05, 0) is 12.1 Å². The van der Waals surface area contributed by atoms with Crippen LogP contribution in [0.1, 0.15) is 18.8 Å². The SMILES string of the molecule is CC(=O)OCC(O)c1ccco1. The first kappa shape index (κ1) is 8.80. The first-order valence-electron chi connectivity index (χ1n) is 3.55. The lowest BCUT2D eigenvalue weighted by Gasteiger charge is -2.06. The highest BCUT2D eigenvalue weighted by atomic mass is 16.5. The molecule has 12 heavy (non-hydrogen) atoms. The van der Waals surface area contributed by atoms with Gasteiger partial charge in [-0.2, -0.15) is 0 Å². The van der Waals surface area contributed by atoms with Crippen LogP contribution in [0.4, 0.5) is 0 Å². The van der Waals surface area contributed by atoms with Crippen molar-refractivity contribution in [3.63, 3.8) is 0 Å². The van der Waals surface area contributed by atoms with Crippen LogP contribution < -0.4 is 0 Å². The van der Waals surface area contributed by atoms with Crippen LogP contribution in [-0.4, -0.2) is 17.7 Å². The van der Waals surface area contributed by atoms with Crippen molar-refractivity contribution in [2.45, 2.75) is 13.0 Å². The molecule has 66 valence electrons. The Morgan fingerprint density at radius 3 is 3.08 bits per heavy atom. The third-order valence-electron chi connectivity index (χ3n) is 1.32. The molecule has 1 aromatic heterocycles. The van der Waals surface area contributed by atoms with E-state index in [9.17, 15) is 9.90 Å². The van der Waals surface area contributed by atoms with Crippen molar-refractivity contribution in [2.24, 2.45) is 0 Å². The molecule has 0 saturated heterocycles. The van der Waals surface area contributed by atoms with Gasteiger partial charge in [0, 0.05) is 6.92 Å². The lowest BCUT2D eigenvalue weighted by Crippen LogP contribution is -2.09. The summed E-state index contributed by atoms with van der Waals surface area (Å²) >= 11 is 0. The molecule has 1 atom stereocenters. The molecule has 1 unspecified atom stereocenters. The smallest absolute Gasteiger partial charge is 0.302 e. The molecule has 0 aromatic carbocycles. The van der Waals surface area contributed by atoms with E-state index in [1.807, 2.05) is 0 Å². The van der Waals surface area contributed by atoms with Gasteiger partial charge in [-0.3, -0.25) is 4.79 Å². The molecule has 1 rings (SSSR count). The average molecular weight is 170 g/mol. The largest absolute Gasteiger partial charge is 0.466 e. The Morgan fingerprint density at radius 1 is 1.83 bits per heavy atom. The molecule has 1 aromatic rings. The average Bonchev–Trinajstić information content (AvgIpc) is 2.51. The second-order valence-electron chi connectivity index (χ2n) is 2.33. The maximum atomic E-state index is 10.4. The standard InChI is InChI=1S/C8H10O4/c1-6(9)12-5-7(10)8-3-2-4-11-8/h2-4,7,10H,5H2,1H3. The minimum absolute atomic E-state index is 0.0666. The van der Waals surface area contributed by atoms with E-state index in [4.69, 9.17) is 4.42 Å². The van der Waals surface area contributed by atoms with Crippen LogP contribution in [0.25, 0.3) is 0 Å². The van der Waals surface area contributed by atoms with Crippen LogP contribution in [0, 0.1) is 0 Å². The van der Waals surface area contributed by atoms with E-state index in [2.05, 4.69) is 4.74 Å². The highest BCUT2D eigenvalue weighted by molar-refractivity contribution is 5.65. The third kappa shape index (κ3) is 2.39. The molecule has 0 amide bonds. The fraction of sp³-hybridized carbons (Fsp3) is 0.375. The maximum absolute atomic E-state index is 10.4. The Kier molecular flexibility index (Phi) is 2.88. The summed E-state index contributed by atoms with van der Waals surface area (Å²) in [5.74, 6) is -0.0168. The zero-order valence-corrected chi connectivity index (χ0v) is 6.69. The molecule has 0 aliphatic rings. The number of ether oxygens (including phenoxy) is 1. The summed E-state index contributed by atoms with van der Waals surface area (Å²) in [6, 6.07) is 3.28. The van der Waals surface area contributed by atoms with Crippen LogP contribution in [0.15, 0.2) is 22.8 Å². The summed E-state index contributed by atoms with van der Waals surface area (Å²) in [6.45, 7) is 1.22. The molecule has 1 N–H and O–H groups in total. The molecule has 4 heteroatoms. The molecule has 0 radical (unpaired) electrons. The van der Waals surface area contributed by atoms with Gasteiger partial charge in [0.15, 0.2) is 0 Å². The fourth-order valence-electron chi connectivity index (χ4n) is 0.759. The molecule has 0 saturated carbocycles. The van der Waals surface area contributed by atoms with Gasteiger partial charge >= 0.3 is 5.97 Å². The van der Waals surface area contributed by atoms with E-state index < -0.39 is 12.1 Å². The number of aliphatic hydroxyl groups is 1. The van der Waals surface area contributed by atoms with E-state index in [-0.39, 0.29) is 6.61 Å². The van der Waals surface area contributed by atoms with Crippen molar-refractivity contribution in [1.82, 2.24) is 0 Å². The molecule has 0 aliphatic heterocycles. The Balaban J connectivity index is 2.39. The van der Waals surface area contributed by atoms with Crippen molar-refractivity contribution >= 4 is 5.97 Å². The number of hydrogen-bond acceptors (Lipinski definition) is 4. The fourth-order valence-corrected chi connectivity index (χ4v) is 0.759. The summed E-state index contributed by atoms with van der Waals surface area (Å²) in [4.78, 5) is 10.4. The van der Waals surface area contributed by atoms with Crippen molar-refractivity contribution in [2.75, 3.05) is 6.61 Å². The number of aliphatic hydroxyl groups excluding tert-OH is 1. The molecular weight excluding hydrogens is 160 g/mol. The molecule has 1 heterocycles. The zero-order valence-electron chi connectivity index (χ0n) is 6.69. The van der Waals surface area contributed by atoms with Crippen molar-refractivity contribution in [3.05, 3.63) is 24.2 Å². The van der Waals surface area contributed by atoms with E-state index in [1.54, 1.807) is 12.1 Å². The molecule has 0 spiro atoms. The monoisotopic (exact) mass is 170 g/mol. The molecular formula is C8H10O4. The topological polar surface area (TPSA) is 59.7 Å². The predicted molar refractivity (Wildman–Crippen MR) is 40.3 cm³/mol. The van der Waals surface area contributed by atoms with Gasteiger partial charge < -0.3 is 14.3 Å². The number of carbonyl (C=O) groups is 1. The van der Waals surface area contributed by atoms with Crippen molar-refractivity contribution in [1.29, 1.82) is 0 Å². The second-order valence-corrected chi connectivity index (χ2v) is 2.33. The number of rotatable bonds is 3. The molecule has 0 fully saturated rings. The quantitative estimate of drug-likeness (QED) is 0.684. The third-order valence-corrected chi connectivity index (χ3v) is 1.32. The van der Waals surface area contributed by atoms with E-state index >= 15 is 0 Å². The molecule has 0 bridgehead atoms. The van der Waals surface area contributed by atoms with Crippen LogP contribution in [0.5, 0.6) is 0 Å². The highest BCUT2D eigenvalue weighted by Gasteiger charge is 2.11. The highest BCUT2D eigenvalue weighted by Crippen LogP contribution is 2.12. The molecule has 4 nitrogen and oxygen atoms in total. The van der Waals surface area contributed by atoms with Gasteiger partial charge in [0.1, 0.15) is 18.5 Å². The summed E-state index contributed by atoms with van der Waals surface area (Å²) in [5, 5.41) is 9.29. The van der Waals surface area contributed by atoms with E-state index in [1.165, 1.54) is 13.2 Å². The van der Waals surface area contributed by atoms with Crippen LogP contribution >= 0.6 is 0 Å². The van der Waals surface area contributed by atoms with Gasteiger partial charge in [-0.15, -0.1) is 0 Å². The summed E-state index contributed by atoms with van der Waals surface area (Å²) in [7, 11) is 0. The predicted octanol–water partition coefficient (Wildman–Crippen LogP) is 0.876. The molecule has 0 aliphatic carbocycles. The maximum Gasteiger partial charge on any atom is 0.302 e. The van der Waals surface area contributed by atoms with Crippen LogP contribution in [0.3, 0.4) is 0 Å². The van der Waals surface area contributed by atoms with Gasteiger partial charge in [0.2, 0.25) is 0 Å². The van der Waals surface area contributed by atoms with Gasteiger partial charge in [0.05, 0.1) is 6.26 Å². The minimum Gasteiger partial charge on any atom is -0.466 e. The normalized spacial score (nSPS) is 12.5. The Bertz CT molecular complexity index is 240. The van der Waals surface area contributed by atoms with Crippen LogP contribution in [0.2, 0.25) is 0 Å². The first-order valence-corrected chi connectivity index (χ1v) is 3.55. The number of carbonyl (C=O) groups excluding carboxylic acids is 1. The van der Waals surface area contributed by atoms with Crippen molar-refractivity contribution < 1.29 is 19.1 Å². The van der Waals surface area contributed by atoms with Crippen molar-refractivity contribution in [3.8, 4) is 0 Å². The summed E-state index contributed by atoms with van der Waals surface area (Å²) in [6.07, 6.45) is 0.579. The number of esters is 1. The number of hydrogen-bond donors (Lipinski definition) is 1. The first-order chi connectivity index (χ1) is 5.70. The van der Waals surface area contributed by atoms with E-state index in [0.717, 1.165) is 0 Å². The Labute approximate surface area is 69.8 Å². The van der Waals surface area contributed by atoms with Gasteiger partial charge in [-0.25, -0.2) is 0 Å². The van der Waals surface area contributed by atoms with Gasteiger partial charge in [-0.1, -0.05) is 0 Å². The van der Waals surface area contributed by atoms with Crippen LogP contribution in [-0.2, 0) is 9.53 Å². The second kappa shape index (κ2) is 3.92. The Hall–Kier alpha value is -1.29. The number of furan rings is 1. The zero-order chi connectivity index (χ0) is 8.97. The lowest BCUT2D eigenvalue weighted by molar-refractivity contribution is -0.144. The summed E-state index contributed by atoms with van der Waals surface area (Å²) < 4.78 is 9.46.